The number of hydrogen-bond donors (Lipinski definition) is 2. The zero-order chi connectivity index (χ0) is 25.7. The SMILES string of the molecule is COc1cc(-c2cc3cc(Cl)c(Cl)cc3[nH]2)c(OC)cc1C(=O)NC1CC(C)(C)N(C)C(C)(C)C1. The van der Waals surface area contributed by atoms with Crippen molar-refractivity contribution in [3.05, 3.63) is 45.9 Å². The molecule has 188 valence electrons. The average molecular weight is 518 g/mol. The fourth-order valence-corrected chi connectivity index (χ4v) is 5.63. The zero-order valence-corrected chi connectivity index (χ0v) is 22.8. The molecule has 35 heavy (non-hydrogen) atoms. The van der Waals surface area contributed by atoms with Gasteiger partial charge in [-0.1, -0.05) is 23.2 Å². The molecular formula is C27H33Cl2N3O3. The van der Waals surface area contributed by atoms with Crippen molar-refractivity contribution in [2.45, 2.75) is 57.7 Å². The number of aromatic nitrogens is 1. The maximum atomic E-state index is 13.4. The Morgan fingerprint density at radius 3 is 2.17 bits per heavy atom. The van der Waals surface area contributed by atoms with Crippen molar-refractivity contribution < 1.29 is 14.3 Å². The highest BCUT2D eigenvalue weighted by atomic mass is 35.5. The van der Waals surface area contributed by atoms with E-state index in [-0.39, 0.29) is 23.0 Å². The van der Waals surface area contributed by atoms with Gasteiger partial charge >= 0.3 is 0 Å². The predicted molar refractivity (Wildman–Crippen MR) is 143 cm³/mol. The van der Waals surface area contributed by atoms with Crippen LogP contribution in [-0.2, 0) is 0 Å². The van der Waals surface area contributed by atoms with Gasteiger partial charge in [0.15, 0.2) is 0 Å². The molecule has 0 radical (unpaired) electrons. The number of nitrogens with one attached hydrogen (secondary N) is 2. The third kappa shape index (κ3) is 4.84. The predicted octanol–water partition coefficient (Wildman–Crippen LogP) is 6.54. The number of carbonyl (C=O) groups excluding carboxylic acids is 1. The van der Waals surface area contributed by atoms with Crippen molar-refractivity contribution in [2.24, 2.45) is 0 Å². The molecule has 0 unspecified atom stereocenters. The molecule has 0 aliphatic carbocycles. The summed E-state index contributed by atoms with van der Waals surface area (Å²) in [5.74, 6) is 0.853. The first-order valence-electron chi connectivity index (χ1n) is 11.7. The van der Waals surface area contributed by atoms with E-state index in [1.165, 1.54) is 0 Å². The number of carbonyl (C=O) groups is 1. The Morgan fingerprint density at radius 2 is 1.57 bits per heavy atom. The second kappa shape index (κ2) is 9.23. The van der Waals surface area contributed by atoms with Crippen LogP contribution in [0.15, 0.2) is 30.3 Å². The lowest BCUT2D eigenvalue weighted by Crippen LogP contribution is -2.62. The number of rotatable bonds is 5. The van der Waals surface area contributed by atoms with E-state index in [9.17, 15) is 4.79 Å². The van der Waals surface area contributed by atoms with Gasteiger partial charge in [0.1, 0.15) is 11.5 Å². The molecule has 8 heteroatoms. The highest BCUT2D eigenvalue weighted by Crippen LogP contribution is 2.40. The number of benzene rings is 2. The summed E-state index contributed by atoms with van der Waals surface area (Å²) in [4.78, 5) is 19.2. The smallest absolute Gasteiger partial charge is 0.255 e. The first-order chi connectivity index (χ1) is 16.4. The third-order valence-corrected chi connectivity index (χ3v) is 8.08. The summed E-state index contributed by atoms with van der Waals surface area (Å²) in [6, 6.07) is 9.18. The monoisotopic (exact) mass is 517 g/mol. The molecule has 1 saturated heterocycles. The minimum Gasteiger partial charge on any atom is -0.496 e. The van der Waals surface area contributed by atoms with Crippen molar-refractivity contribution in [3.8, 4) is 22.8 Å². The van der Waals surface area contributed by atoms with Crippen molar-refractivity contribution in [1.82, 2.24) is 15.2 Å². The number of fused-ring (bicyclic) bond motifs is 1. The molecule has 0 spiro atoms. The van der Waals surface area contributed by atoms with Gasteiger partial charge < -0.3 is 19.8 Å². The molecule has 2 aromatic carbocycles. The number of piperidine rings is 1. The lowest BCUT2D eigenvalue weighted by Gasteiger charge is -2.53. The molecule has 0 bridgehead atoms. The number of aromatic amines is 1. The molecule has 1 aromatic heterocycles. The summed E-state index contributed by atoms with van der Waals surface area (Å²) in [7, 11) is 5.30. The quantitative estimate of drug-likeness (QED) is 0.403. The molecule has 1 amide bonds. The molecule has 1 fully saturated rings. The van der Waals surface area contributed by atoms with Crippen molar-refractivity contribution in [2.75, 3.05) is 21.3 Å². The highest BCUT2D eigenvalue weighted by molar-refractivity contribution is 6.42. The Balaban J connectivity index is 1.68. The number of hydrogen-bond acceptors (Lipinski definition) is 4. The Bertz CT molecular complexity index is 1230. The van der Waals surface area contributed by atoms with E-state index in [2.05, 4.69) is 49.9 Å². The van der Waals surface area contributed by atoms with E-state index >= 15 is 0 Å². The van der Waals surface area contributed by atoms with Crippen LogP contribution in [0, 0.1) is 0 Å². The van der Waals surface area contributed by atoms with Crippen LogP contribution in [-0.4, -0.2) is 54.2 Å². The van der Waals surface area contributed by atoms with Crippen LogP contribution in [0.1, 0.15) is 50.9 Å². The lowest BCUT2D eigenvalue weighted by atomic mass is 9.77. The number of methoxy groups -OCH3 is 2. The number of amides is 1. The molecule has 3 aromatic rings. The van der Waals surface area contributed by atoms with Crippen LogP contribution in [0.25, 0.3) is 22.2 Å². The van der Waals surface area contributed by atoms with Gasteiger partial charge in [-0.2, -0.15) is 0 Å². The van der Waals surface area contributed by atoms with Crippen LogP contribution in [0.3, 0.4) is 0 Å². The number of halogens is 2. The van der Waals surface area contributed by atoms with Gasteiger partial charge in [-0.15, -0.1) is 0 Å². The number of nitrogens with zero attached hydrogens (tertiary/aromatic N) is 1. The van der Waals surface area contributed by atoms with Crippen LogP contribution >= 0.6 is 23.2 Å². The van der Waals surface area contributed by atoms with Gasteiger partial charge in [0.25, 0.3) is 5.91 Å². The summed E-state index contributed by atoms with van der Waals surface area (Å²) in [6.07, 6.45) is 1.72. The van der Waals surface area contributed by atoms with E-state index in [1.807, 2.05) is 18.2 Å². The summed E-state index contributed by atoms with van der Waals surface area (Å²) < 4.78 is 11.3. The molecule has 6 nitrogen and oxygen atoms in total. The molecule has 2 N–H and O–H groups in total. The standard InChI is InChI=1S/C27H33Cl2N3O3/c1-26(2)13-16(14-27(3,4)32(26)5)30-25(33)18-11-23(34-6)17(10-24(18)35-7)22-9-15-8-19(28)20(29)12-21(15)31-22/h8-12,16,31H,13-14H2,1-7H3,(H,30,33). The summed E-state index contributed by atoms with van der Waals surface area (Å²) in [5.41, 5.74) is 2.79. The normalized spacial score (nSPS) is 18.0. The first-order valence-corrected chi connectivity index (χ1v) is 12.4. The topological polar surface area (TPSA) is 66.6 Å². The minimum atomic E-state index is -0.178. The van der Waals surface area contributed by atoms with Gasteiger partial charge in [0.2, 0.25) is 0 Å². The molecular weight excluding hydrogens is 485 g/mol. The van der Waals surface area contributed by atoms with Gasteiger partial charge in [-0.05, 0) is 77.9 Å². The molecule has 4 rings (SSSR count). The molecule has 1 aliphatic rings. The fraction of sp³-hybridized carbons (Fsp3) is 0.444. The summed E-state index contributed by atoms with van der Waals surface area (Å²) >= 11 is 12.4. The molecule has 0 saturated carbocycles. The van der Waals surface area contributed by atoms with E-state index in [0.717, 1.165) is 35.0 Å². The van der Waals surface area contributed by atoms with Crippen LogP contribution in [0.2, 0.25) is 10.0 Å². The lowest BCUT2D eigenvalue weighted by molar-refractivity contribution is -0.0169. The van der Waals surface area contributed by atoms with Crippen molar-refractivity contribution in [1.29, 1.82) is 0 Å². The number of likely N-dealkylation sites (tertiary alicyclic amines) is 1. The van der Waals surface area contributed by atoms with E-state index < -0.39 is 0 Å². The van der Waals surface area contributed by atoms with Gasteiger partial charge in [0.05, 0.1) is 35.5 Å². The zero-order valence-electron chi connectivity index (χ0n) is 21.3. The van der Waals surface area contributed by atoms with Crippen LogP contribution in [0.4, 0.5) is 0 Å². The fourth-order valence-electron chi connectivity index (χ4n) is 5.29. The van der Waals surface area contributed by atoms with E-state index in [0.29, 0.717) is 27.1 Å². The van der Waals surface area contributed by atoms with E-state index in [4.69, 9.17) is 32.7 Å². The third-order valence-electron chi connectivity index (χ3n) is 7.36. The summed E-state index contributed by atoms with van der Waals surface area (Å²) in [5, 5.41) is 5.13. The maximum absolute atomic E-state index is 13.4. The number of H-pyrrole nitrogens is 1. The second-order valence-electron chi connectivity index (χ2n) is 10.6. The van der Waals surface area contributed by atoms with Gasteiger partial charge in [0, 0.05) is 33.6 Å². The van der Waals surface area contributed by atoms with Crippen molar-refractivity contribution in [3.63, 3.8) is 0 Å². The Morgan fingerprint density at radius 1 is 0.971 bits per heavy atom. The molecule has 2 heterocycles. The second-order valence-corrected chi connectivity index (χ2v) is 11.4. The summed E-state index contributed by atoms with van der Waals surface area (Å²) in [6.45, 7) is 8.86. The van der Waals surface area contributed by atoms with Crippen LogP contribution < -0.4 is 14.8 Å². The van der Waals surface area contributed by atoms with Crippen molar-refractivity contribution >= 4 is 40.0 Å². The Kier molecular flexibility index (Phi) is 6.77. The Labute approximate surface area is 216 Å². The van der Waals surface area contributed by atoms with Gasteiger partial charge in [-0.3, -0.25) is 9.69 Å². The molecule has 0 atom stereocenters. The van der Waals surface area contributed by atoms with Crippen LogP contribution in [0.5, 0.6) is 11.5 Å². The van der Waals surface area contributed by atoms with Gasteiger partial charge in [-0.25, -0.2) is 0 Å². The average Bonchev–Trinajstić information content (AvgIpc) is 3.18. The van der Waals surface area contributed by atoms with E-state index in [1.54, 1.807) is 26.4 Å². The molecule has 1 aliphatic heterocycles. The highest BCUT2D eigenvalue weighted by Gasteiger charge is 2.43. The largest absolute Gasteiger partial charge is 0.496 e. The maximum Gasteiger partial charge on any atom is 0.255 e. The Hall–Kier alpha value is -2.41. The minimum absolute atomic E-state index is 0.0350. The first kappa shape index (κ1) is 25.7. The number of ether oxygens (including phenoxy) is 2.